The van der Waals surface area contributed by atoms with Gasteiger partial charge in [-0.1, -0.05) is 19.1 Å². The summed E-state index contributed by atoms with van der Waals surface area (Å²) in [6, 6.07) is 4.21. The van der Waals surface area contributed by atoms with Gasteiger partial charge in [0.1, 0.15) is 6.04 Å². The number of nitrogens with zero attached hydrogens (tertiary/aromatic N) is 2. The van der Waals surface area contributed by atoms with Crippen LogP contribution >= 0.6 is 0 Å². The zero-order valence-electron chi connectivity index (χ0n) is 16.4. The van der Waals surface area contributed by atoms with Gasteiger partial charge in [0.15, 0.2) is 0 Å². The first kappa shape index (κ1) is 19.3. The van der Waals surface area contributed by atoms with Crippen LogP contribution < -0.4 is 5.32 Å². The molecule has 0 spiro atoms. The summed E-state index contributed by atoms with van der Waals surface area (Å²) in [5.41, 5.74) is 5.43. The van der Waals surface area contributed by atoms with Crippen LogP contribution in [0, 0.1) is 19.8 Å². The lowest BCUT2D eigenvalue weighted by molar-refractivity contribution is -0.140. The number of carboxylic acid groups (broad SMARTS) is 1. The highest BCUT2D eigenvalue weighted by Crippen LogP contribution is 2.23. The van der Waals surface area contributed by atoms with Crippen molar-refractivity contribution in [2.24, 2.45) is 5.92 Å². The SMILES string of the molecule is Cc1cc(C)c(CN2CCN[C@@H](C(=O)O)C2)cc1CN1CCC(C)CC1. The topological polar surface area (TPSA) is 55.8 Å². The Kier molecular flexibility index (Phi) is 6.33. The van der Waals surface area contributed by atoms with Gasteiger partial charge in [-0.25, -0.2) is 0 Å². The maximum absolute atomic E-state index is 11.3. The molecule has 0 radical (unpaired) electrons. The molecule has 1 aromatic rings. The van der Waals surface area contributed by atoms with Crippen molar-refractivity contribution >= 4 is 5.97 Å². The molecule has 2 fully saturated rings. The molecule has 0 saturated carbocycles. The number of benzene rings is 1. The number of hydrogen-bond donors (Lipinski definition) is 2. The zero-order chi connectivity index (χ0) is 18.7. The van der Waals surface area contributed by atoms with E-state index < -0.39 is 12.0 Å². The van der Waals surface area contributed by atoms with E-state index in [9.17, 15) is 9.90 Å². The van der Waals surface area contributed by atoms with Gasteiger partial charge in [-0.3, -0.25) is 14.6 Å². The molecule has 3 rings (SSSR count). The van der Waals surface area contributed by atoms with Crippen LogP contribution in [0.2, 0.25) is 0 Å². The number of carboxylic acids is 1. The molecule has 2 aliphatic heterocycles. The fraction of sp³-hybridized carbons (Fsp3) is 0.667. The Hall–Kier alpha value is -1.43. The smallest absolute Gasteiger partial charge is 0.322 e. The van der Waals surface area contributed by atoms with Gasteiger partial charge in [-0.2, -0.15) is 0 Å². The molecule has 5 heteroatoms. The van der Waals surface area contributed by atoms with Crippen LogP contribution in [0.1, 0.15) is 42.0 Å². The minimum Gasteiger partial charge on any atom is -0.480 e. The van der Waals surface area contributed by atoms with E-state index in [4.69, 9.17) is 0 Å². The van der Waals surface area contributed by atoms with E-state index in [0.717, 1.165) is 32.1 Å². The van der Waals surface area contributed by atoms with Crippen LogP contribution in [0.5, 0.6) is 0 Å². The van der Waals surface area contributed by atoms with Gasteiger partial charge in [0.25, 0.3) is 0 Å². The predicted molar refractivity (Wildman–Crippen MR) is 104 cm³/mol. The standard InChI is InChI=1S/C21H33N3O2/c1-15-4-7-23(8-5-15)12-18-11-19(17(3)10-16(18)2)13-24-9-6-22-20(14-24)21(25)26/h10-11,15,20,22H,4-9,12-14H2,1-3H3,(H,25,26)/t20-/m1/s1. The average Bonchev–Trinajstić information content (AvgIpc) is 2.61. The molecule has 2 heterocycles. The monoisotopic (exact) mass is 359 g/mol. The lowest BCUT2D eigenvalue weighted by atomic mass is 9.96. The van der Waals surface area contributed by atoms with E-state index in [1.54, 1.807) is 0 Å². The van der Waals surface area contributed by atoms with Crippen LogP contribution in [0.15, 0.2) is 12.1 Å². The molecule has 2 saturated heterocycles. The fourth-order valence-corrected chi connectivity index (χ4v) is 4.11. The van der Waals surface area contributed by atoms with Crippen molar-refractivity contribution in [3.05, 3.63) is 34.4 Å². The summed E-state index contributed by atoms with van der Waals surface area (Å²) >= 11 is 0. The van der Waals surface area contributed by atoms with Gasteiger partial charge in [0.2, 0.25) is 0 Å². The molecule has 2 aliphatic rings. The lowest BCUT2D eigenvalue weighted by Gasteiger charge is -2.33. The summed E-state index contributed by atoms with van der Waals surface area (Å²) in [5, 5.41) is 12.3. The Morgan fingerprint density at radius 1 is 1.08 bits per heavy atom. The summed E-state index contributed by atoms with van der Waals surface area (Å²) in [7, 11) is 0. The highest BCUT2D eigenvalue weighted by atomic mass is 16.4. The van der Waals surface area contributed by atoms with E-state index in [2.05, 4.69) is 48.0 Å². The van der Waals surface area contributed by atoms with E-state index in [-0.39, 0.29) is 0 Å². The number of piperazine rings is 1. The number of aryl methyl sites for hydroxylation is 2. The van der Waals surface area contributed by atoms with Crippen molar-refractivity contribution in [1.82, 2.24) is 15.1 Å². The molecular weight excluding hydrogens is 326 g/mol. The number of hydrogen-bond acceptors (Lipinski definition) is 4. The molecular formula is C21H33N3O2. The van der Waals surface area contributed by atoms with Crippen molar-refractivity contribution in [3.63, 3.8) is 0 Å². The molecule has 0 unspecified atom stereocenters. The van der Waals surface area contributed by atoms with Crippen molar-refractivity contribution in [1.29, 1.82) is 0 Å². The summed E-state index contributed by atoms with van der Waals surface area (Å²) in [5.74, 6) is 0.103. The second-order valence-electron chi connectivity index (χ2n) is 8.24. The summed E-state index contributed by atoms with van der Waals surface area (Å²) in [6.07, 6.45) is 2.60. The summed E-state index contributed by atoms with van der Waals surface area (Å²) < 4.78 is 0. The molecule has 0 bridgehead atoms. The Morgan fingerprint density at radius 2 is 1.69 bits per heavy atom. The van der Waals surface area contributed by atoms with Gasteiger partial charge in [-0.05, 0) is 68.0 Å². The minimum atomic E-state index is -0.754. The summed E-state index contributed by atoms with van der Waals surface area (Å²) in [6.45, 7) is 13.2. The van der Waals surface area contributed by atoms with E-state index >= 15 is 0 Å². The molecule has 1 aromatic carbocycles. The van der Waals surface area contributed by atoms with E-state index in [1.807, 2.05) is 0 Å². The molecule has 144 valence electrons. The van der Waals surface area contributed by atoms with Crippen LogP contribution in [0.25, 0.3) is 0 Å². The van der Waals surface area contributed by atoms with Gasteiger partial charge in [0, 0.05) is 32.7 Å². The molecule has 26 heavy (non-hydrogen) atoms. The first-order chi connectivity index (χ1) is 12.4. The Morgan fingerprint density at radius 3 is 2.31 bits per heavy atom. The third-order valence-electron chi connectivity index (χ3n) is 6.02. The van der Waals surface area contributed by atoms with Crippen LogP contribution in [-0.4, -0.2) is 59.6 Å². The Labute approximate surface area is 157 Å². The summed E-state index contributed by atoms with van der Waals surface area (Å²) in [4.78, 5) is 16.1. The quantitative estimate of drug-likeness (QED) is 0.845. The largest absolute Gasteiger partial charge is 0.480 e. The first-order valence-corrected chi connectivity index (χ1v) is 9.92. The molecule has 5 nitrogen and oxygen atoms in total. The molecule has 0 aliphatic carbocycles. The second-order valence-corrected chi connectivity index (χ2v) is 8.24. The Balaban J connectivity index is 1.68. The molecule has 2 N–H and O–H groups in total. The number of piperidine rings is 1. The zero-order valence-corrected chi connectivity index (χ0v) is 16.4. The number of aliphatic carboxylic acids is 1. The third kappa shape index (κ3) is 4.84. The van der Waals surface area contributed by atoms with E-state index in [1.165, 1.54) is 48.2 Å². The highest BCUT2D eigenvalue weighted by molar-refractivity contribution is 5.73. The van der Waals surface area contributed by atoms with E-state index in [0.29, 0.717) is 6.54 Å². The third-order valence-corrected chi connectivity index (χ3v) is 6.02. The number of nitrogens with one attached hydrogen (secondary N) is 1. The molecule has 1 atom stereocenters. The second kappa shape index (κ2) is 8.51. The number of carbonyl (C=O) groups is 1. The van der Waals surface area contributed by atoms with Crippen molar-refractivity contribution in [2.45, 2.75) is 52.7 Å². The van der Waals surface area contributed by atoms with Crippen molar-refractivity contribution < 1.29 is 9.90 Å². The minimum absolute atomic E-state index is 0.454. The number of rotatable bonds is 5. The van der Waals surface area contributed by atoms with Crippen molar-refractivity contribution in [3.8, 4) is 0 Å². The normalized spacial score (nSPS) is 23.3. The molecule has 0 aromatic heterocycles. The van der Waals surface area contributed by atoms with Crippen molar-refractivity contribution in [2.75, 3.05) is 32.7 Å². The van der Waals surface area contributed by atoms with Gasteiger partial charge in [0.05, 0.1) is 0 Å². The maximum Gasteiger partial charge on any atom is 0.322 e. The van der Waals surface area contributed by atoms with Gasteiger partial charge in [-0.15, -0.1) is 0 Å². The number of likely N-dealkylation sites (tertiary alicyclic amines) is 1. The van der Waals surface area contributed by atoms with Gasteiger partial charge < -0.3 is 10.4 Å². The van der Waals surface area contributed by atoms with Crippen LogP contribution in [-0.2, 0) is 17.9 Å². The lowest BCUT2D eigenvalue weighted by Crippen LogP contribution is -2.53. The van der Waals surface area contributed by atoms with Gasteiger partial charge >= 0.3 is 5.97 Å². The average molecular weight is 360 g/mol. The maximum atomic E-state index is 11.3. The highest BCUT2D eigenvalue weighted by Gasteiger charge is 2.25. The first-order valence-electron chi connectivity index (χ1n) is 9.92. The van der Waals surface area contributed by atoms with Crippen LogP contribution in [0.3, 0.4) is 0 Å². The fourth-order valence-electron chi connectivity index (χ4n) is 4.11. The predicted octanol–water partition coefficient (Wildman–Crippen LogP) is 2.39. The van der Waals surface area contributed by atoms with Crippen LogP contribution in [0.4, 0.5) is 0 Å². The molecule has 0 amide bonds. The Bertz CT molecular complexity index is 638.